The summed E-state index contributed by atoms with van der Waals surface area (Å²) in [7, 11) is 1.50. The number of nitrogens with one attached hydrogen (secondary N) is 2. The second kappa shape index (κ2) is 8.41. The summed E-state index contributed by atoms with van der Waals surface area (Å²) in [6.07, 6.45) is -0.0757. The molecule has 1 aromatic heterocycles. The van der Waals surface area contributed by atoms with Crippen LogP contribution in [-0.4, -0.2) is 35.2 Å². The Labute approximate surface area is 149 Å². The molecule has 140 valence electrons. The van der Waals surface area contributed by atoms with Crippen LogP contribution in [-0.2, 0) is 16.0 Å². The van der Waals surface area contributed by atoms with Gasteiger partial charge in [-0.25, -0.2) is 4.68 Å². The van der Waals surface area contributed by atoms with Gasteiger partial charge in [0.2, 0.25) is 5.91 Å². The van der Waals surface area contributed by atoms with Gasteiger partial charge in [-0.3, -0.25) is 9.59 Å². The molecular formula is C17H20F2N4O3. The Morgan fingerprint density at radius 2 is 2.00 bits per heavy atom. The normalized spacial score (nSPS) is 10.7. The SMILES string of the molecule is CNC(=O)COc1cccc(NC(=O)Cc2c(C)nn(C(F)F)c2C)c1. The van der Waals surface area contributed by atoms with Gasteiger partial charge in [0.15, 0.2) is 6.61 Å². The maximum atomic E-state index is 12.9. The molecule has 0 saturated carbocycles. The van der Waals surface area contributed by atoms with E-state index in [0.29, 0.717) is 27.4 Å². The summed E-state index contributed by atoms with van der Waals surface area (Å²) in [5.41, 5.74) is 1.59. The number of carbonyl (C=O) groups excluding carboxylic acids is 2. The van der Waals surface area contributed by atoms with Crippen molar-refractivity contribution in [2.75, 3.05) is 19.0 Å². The summed E-state index contributed by atoms with van der Waals surface area (Å²) >= 11 is 0. The third-order valence-electron chi connectivity index (χ3n) is 3.76. The van der Waals surface area contributed by atoms with E-state index in [2.05, 4.69) is 15.7 Å². The first kappa shape index (κ1) is 19.4. The highest BCUT2D eigenvalue weighted by molar-refractivity contribution is 5.92. The fourth-order valence-electron chi connectivity index (χ4n) is 2.39. The molecule has 26 heavy (non-hydrogen) atoms. The number of carbonyl (C=O) groups is 2. The van der Waals surface area contributed by atoms with Crippen LogP contribution < -0.4 is 15.4 Å². The lowest BCUT2D eigenvalue weighted by atomic mass is 10.1. The number of aromatic nitrogens is 2. The largest absolute Gasteiger partial charge is 0.484 e. The number of hydrogen-bond acceptors (Lipinski definition) is 4. The first-order chi connectivity index (χ1) is 12.3. The van der Waals surface area contributed by atoms with Crippen molar-refractivity contribution in [1.29, 1.82) is 0 Å². The standard InChI is InChI=1S/C17H20F2N4O3/c1-10-14(11(2)23(22-10)17(18)19)8-15(24)21-12-5-4-6-13(7-12)26-9-16(25)20-3/h4-7,17H,8-9H2,1-3H3,(H,20,25)(H,21,24). The number of rotatable bonds is 7. The number of hydrogen-bond donors (Lipinski definition) is 2. The van der Waals surface area contributed by atoms with E-state index in [1.165, 1.54) is 14.0 Å². The molecule has 0 unspecified atom stereocenters. The average molecular weight is 366 g/mol. The van der Waals surface area contributed by atoms with Gasteiger partial charge in [0, 0.05) is 30.1 Å². The molecule has 0 aliphatic heterocycles. The van der Waals surface area contributed by atoms with Crippen LogP contribution in [0.5, 0.6) is 5.75 Å². The van der Waals surface area contributed by atoms with E-state index in [1.54, 1.807) is 31.2 Å². The summed E-state index contributed by atoms with van der Waals surface area (Å²) in [6, 6.07) is 6.55. The molecule has 2 rings (SSSR count). The van der Waals surface area contributed by atoms with Gasteiger partial charge in [-0.2, -0.15) is 13.9 Å². The molecule has 2 amide bonds. The molecule has 0 bridgehead atoms. The number of alkyl halides is 2. The van der Waals surface area contributed by atoms with Crippen molar-refractivity contribution in [3.8, 4) is 5.75 Å². The van der Waals surface area contributed by atoms with E-state index < -0.39 is 6.55 Å². The fourth-order valence-corrected chi connectivity index (χ4v) is 2.39. The van der Waals surface area contributed by atoms with E-state index >= 15 is 0 Å². The second-order valence-corrected chi connectivity index (χ2v) is 5.59. The van der Waals surface area contributed by atoms with Gasteiger partial charge >= 0.3 is 6.55 Å². The minimum absolute atomic E-state index is 0.0757. The number of likely N-dealkylation sites (N-methyl/N-ethyl adjacent to an activating group) is 1. The van der Waals surface area contributed by atoms with Gasteiger partial charge in [0.05, 0.1) is 12.1 Å². The van der Waals surface area contributed by atoms with Crippen LogP contribution in [0.4, 0.5) is 14.5 Å². The third-order valence-corrected chi connectivity index (χ3v) is 3.76. The average Bonchev–Trinajstić information content (AvgIpc) is 2.88. The molecule has 1 heterocycles. The summed E-state index contributed by atoms with van der Waals surface area (Å²) in [6.45, 7) is 0.197. The molecular weight excluding hydrogens is 346 g/mol. The summed E-state index contributed by atoms with van der Waals surface area (Å²) in [5.74, 6) is -0.223. The van der Waals surface area contributed by atoms with E-state index in [1.807, 2.05) is 0 Å². The zero-order valence-electron chi connectivity index (χ0n) is 14.7. The van der Waals surface area contributed by atoms with Crippen LogP contribution >= 0.6 is 0 Å². The zero-order valence-corrected chi connectivity index (χ0v) is 14.7. The summed E-state index contributed by atoms with van der Waals surface area (Å²) in [5, 5.41) is 8.88. The Morgan fingerprint density at radius 3 is 2.62 bits per heavy atom. The molecule has 0 radical (unpaired) electrons. The summed E-state index contributed by atoms with van der Waals surface area (Å²) in [4.78, 5) is 23.4. The number of nitrogens with zero attached hydrogens (tertiary/aromatic N) is 2. The number of halogens is 2. The molecule has 2 aromatic rings. The maximum Gasteiger partial charge on any atom is 0.333 e. The van der Waals surface area contributed by atoms with E-state index in [-0.39, 0.29) is 30.5 Å². The smallest absolute Gasteiger partial charge is 0.333 e. The number of benzene rings is 1. The molecule has 0 spiro atoms. The molecule has 0 aliphatic rings. The number of aryl methyl sites for hydroxylation is 1. The van der Waals surface area contributed by atoms with Crippen LogP contribution in [0.3, 0.4) is 0 Å². The summed E-state index contributed by atoms with van der Waals surface area (Å²) < 4.78 is 31.6. The number of ether oxygens (including phenoxy) is 1. The van der Waals surface area contributed by atoms with Gasteiger partial charge in [-0.1, -0.05) is 6.07 Å². The molecule has 9 heteroatoms. The number of anilines is 1. The van der Waals surface area contributed by atoms with Gasteiger partial charge in [-0.05, 0) is 26.0 Å². The molecule has 1 aromatic carbocycles. The lowest BCUT2D eigenvalue weighted by Crippen LogP contribution is -2.24. The molecule has 0 aliphatic carbocycles. The highest BCUT2D eigenvalue weighted by Crippen LogP contribution is 2.21. The third kappa shape index (κ3) is 4.78. The van der Waals surface area contributed by atoms with Crippen LogP contribution in [0.25, 0.3) is 0 Å². The Hall–Kier alpha value is -2.97. The van der Waals surface area contributed by atoms with Gasteiger partial charge in [-0.15, -0.1) is 0 Å². The van der Waals surface area contributed by atoms with Crippen molar-refractivity contribution in [1.82, 2.24) is 15.1 Å². The van der Waals surface area contributed by atoms with Crippen molar-refractivity contribution in [3.63, 3.8) is 0 Å². The van der Waals surface area contributed by atoms with Crippen LogP contribution in [0.2, 0.25) is 0 Å². The predicted octanol–water partition coefficient (Wildman–Crippen LogP) is 2.20. The topological polar surface area (TPSA) is 85.2 Å². The van der Waals surface area contributed by atoms with Crippen molar-refractivity contribution < 1.29 is 23.1 Å². The molecule has 7 nitrogen and oxygen atoms in total. The lowest BCUT2D eigenvalue weighted by molar-refractivity contribution is -0.122. The van der Waals surface area contributed by atoms with Crippen molar-refractivity contribution in [2.45, 2.75) is 26.8 Å². The molecule has 0 fully saturated rings. The minimum atomic E-state index is -2.75. The van der Waals surface area contributed by atoms with Crippen molar-refractivity contribution >= 4 is 17.5 Å². The van der Waals surface area contributed by atoms with E-state index in [0.717, 1.165) is 0 Å². The minimum Gasteiger partial charge on any atom is -0.484 e. The van der Waals surface area contributed by atoms with Crippen LogP contribution in [0.15, 0.2) is 24.3 Å². The van der Waals surface area contributed by atoms with Gasteiger partial charge in [0.1, 0.15) is 5.75 Å². The molecule has 0 saturated heterocycles. The Balaban J connectivity index is 2.03. The van der Waals surface area contributed by atoms with E-state index in [9.17, 15) is 18.4 Å². The van der Waals surface area contributed by atoms with Crippen molar-refractivity contribution in [3.05, 3.63) is 41.2 Å². The Kier molecular flexibility index (Phi) is 6.26. The van der Waals surface area contributed by atoms with Crippen molar-refractivity contribution in [2.24, 2.45) is 0 Å². The van der Waals surface area contributed by atoms with Crippen LogP contribution in [0.1, 0.15) is 23.5 Å². The number of amides is 2. The molecule has 2 N–H and O–H groups in total. The van der Waals surface area contributed by atoms with Gasteiger partial charge in [0.25, 0.3) is 5.91 Å². The van der Waals surface area contributed by atoms with Crippen LogP contribution in [0, 0.1) is 13.8 Å². The fraction of sp³-hybridized carbons (Fsp3) is 0.353. The lowest BCUT2D eigenvalue weighted by Gasteiger charge is -2.09. The second-order valence-electron chi connectivity index (χ2n) is 5.59. The van der Waals surface area contributed by atoms with E-state index in [4.69, 9.17) is 4.74 Å². The highest BCUT2D eigenvalue weighted by Gasteiger charge is 2.19. The first-order valence-corrected chi connectivity index (χ1v) is 7.87. The van der Waals surface area contributed by atoms with Gasteiger partial charge < -0.3 is 15.4 Å². The molecule has 0 atom stereocenters. The Morgan fingerprint density at radius 1 is 1.27 bits per heavy atom. The maximum absolute atomic E-state index is 12.9. The quantitative estimate of drug-likeness (QED) is 0.787. The zero-order chi connectivity index (χ0) is 19.3. The Bertz CT molecular complexity index is 805. The monoisotopic (exact) mass is 366 g/mol. The predicted molar refractivity (Wildman–Crippen MR) is 91.3 cm³/mol. The first-order valence-electron chi connectivity index (χ1n) is 7.87. The highest BCUT2D eigenvalue weighted by atomic mass is 19.3.